The van der Waals surface area contributed by atoms with Crippen LogP contribution in [0.25, 0.3) is 0 Å². The molecule has 0 radical (unpaired) electrons. The highest BCUT2D eigenvalue weighted by Gasteiger charge is 2.03. The normalized spacial score (nSPS) is 10.4. The van der Waals surface area contributed by atoms with Gasteiger partial charge >= 0.3 is 0 Å². The lowest BCUT2D eigenvalue weighted by Crippen LogP contribution is -2.01. The van der Waals surface area contributed by atoms with Crippen LogP contribution in [-0.2, 0) is 0 Å². The lowest BCUT2D eigenvalue weighted by Gasteiger charge is -2.10. The molecule has 0 unspecified atom stereocenters. The van der Waals surface area contributed by atoms with Crippen molar-refractivity contribution in [3.8, 4) is 0 Å². The molecule has 0 aliphatic rings. The molecule has 0 saturated carbocycles. The third-order valence-electron chi connectivity index (χ3n) is 3.21. The molecule has 2 aromatic carbocycles. The van der Waals surface area contributed by atoms with E-state index in [2.05, 4.69) is 36.5 Å². The molecule has 1 heterocycles. The summed E-state index contributed by atoms with van der Waals surface area (Å²) in [5.74, 6) is 1.24. The van der Waals surface area contributed by atoms with Gasteiger partial charge in [0.1, 0.15) is 5.82 Å². The summed E-state index contributed by atoms with van der Waals surface area (Å²) in [5, 5.41) is 7.17. The summed E-state index contributed by atoms with van der Waals surface area (Å²) in [6.07, 6.45) is 1.71. The molecular weight excluding hydrogens is 376 g/mol. The lowest BCUT2D eigenvalue weighted by atomic mass is 10.2. The van der Waals surface area contributed by atoms with E-state index in [0.29, 0.717) is 16.8 Å². The molecule has 0 bridgehead atoms. The number of rotatable bonds is 4. The molecule has 0 aliphatic carbocycles. The molecule has 0 saturated heterocycles. The average Bonchev–Trinajstić information content (AvgIpc) is 2.53. The third-order valence-corrected chi connectivity index (χ3v) is 3.97. The minimum Gasteiger partial charge on any atom is -0.340 e. The summed E-state index contributed by atoms with van der Waals surface area (Å²) in [6.45, 7) is 2.00. The number of hydrogen-bond donors (Lipinski definition) is 2. The van der Waals surface area contributed by atoms with Gasteiger partial charge in [0.15, 0.2) is 0 Å². The average molecular weight is 390 g/mol. The first-order valence-corrected chi connectivity index (χ1v) is 8.16. The van der Waals surface area contributed by atoms with Gasteiger partial charge in [-0.05, 0) is 61.0 Å². The van der Waals surface area contributed by atoms with Crippen molar-refractivity contribution in [1.82, 2.24) is 9.97 Å². The van der Waals surface area contributed by atoms with Crippen molar-refractivity contribution in [2.45, 2.75) is 6.92 Å². The van der Waals surface area contributed by atoms with Crippen molar-refractivity contribution in [3.05, 3.63) is 69.8 Å². The SMILES string of the molecule is Cc1cc(Cl)ccc1Nc1ccnc(Nc2ccc(Br)cc2)n1. The van der Waals surface area contributed by atoms with Crippen LogP contribution in [0.3, 0.4) is 0 Å². The molecule has 3 rings (SSSR count). The van der Waals surface area contributed by atoms with E-state index in [9.17, 15) is 0 Å². The van der Waals surface area contributed by atoms with Gasteiger partial charge in [-0.25, -0.2) is 4.98 Å². The number of anilines is 4. The van der Waals surface area contributed by atoms with Gasteiger partial charge in [-0.1, -0.05) is 27.5 Å². The molecule has 0 amide bonds. The minimum atomic E-state index is 0.531. The maximum atomic E-state index is 5.98. The molecule has 1 aromatic heterocycles. The molecular formula is C17H14BrClN4. The molecule has 3 aromatic rings. The Bertz CT molecular complexity index is 821. The van der Waals surface area contributed by atoms with Crippen molar-refractivity contribution in [3.63, 3.8) is 0 Å². The molecule has 23 heavy (non-hydrogen) atoms. The number of nitrogens with one attached hydrogen (secondary N) is 2. The summed E-state index contributed by atoms with van der Waals surface area (Å²) < 4.78 is 1.03. The smallest absolute Gasteiger partial charge is 0.229 e. The van der Waals surface area contributed by atoms with Crippen LogP contribution in [0.5, 0.6) is 0 Å². The fourth-order valence-corrected chi connectivity index (χ4v) is 2.55. The maximum Gasteiger partial charge on any atom is 0.229 e. The predicted octanol–water partition coefficient (Wildman–Crippen LogP) is 5.69. The van der Waals surface area contributed by atoms with Gasteiger partial charge in [-0.3, -0.25) is 0 Å². The maximum absolute atomic E-state index is 5.98. The van der Waals surface area contributed by atoms with E-state index in [1.54, 1.807) is 6.20 Å². The van der Waals surface area contributed by atoms with Gasteiger partial charge in [0, 0.05) is 27.1 Å². The van der Waals surface area contributed by atoms with Gasteiger partial charge in [-0.15, -0.1) is 0 Å². The lowest BCUT2D eigenvalue weighted by molar-refractivity contribution is 1.16. The first-order valence-electron chi connectivity index (χ1n) is 6.99. The van der Waals surface area contributed by atoms with Crippen LogP contribution < -0.4 is 10.6 Å². The Morgan fingerprint density at radius 1 is 1.00 bits per heavy atom. The van der Waals surface area contributed by atoms with E-state index in [1.165, 1.54) is 0 Å². The number of halogens is 2. The summed E-state index contributed by atoms with van der Waals surface area (Å²) in [5.41, 5.74) is 2.94. The van der Waals surface area contributed by atoms with Crippen molar-refractivity contribution < 1.29 is 0 Å². The van der Waals surface area contributed by atoms with Gasteiger partial charge in [0.25, 0.3) is 0 Å². The number of benzene rings is 2. The molecule has 0 fully saturated rings. The van der Waals surface area contributed by atoms with Gasteiger partial charge in [0.2, 0.25) is 5.95 Å². The van der Waals surface area contributed by atoms with E-state index >= 15 is 0 Å². The Kier molecular flexibility index (Phi) is 4.79. The summed E-state index contributed by atoms with van der Waals surface area (Å²) in [7, 11) is 0. The van der Waals surface area contributed by atoms with E-state index in [-0.39, 0.29) is 0 Å². The standard InChI is InChI=1S/C17H14BrClN4/c1-11-10-13(19)4-7-15(11)22-16-8-9-20-17(23-16)21-14-5-2-12(18)3-6-14/h2-10H,1H3,(H2,20,21,22,23). The van der Waals surface area contributed by atoms with Crippen LogP contribution in [0.2, 0.25) is 5.02 Å². The molecule has 0 atom stereocenters. The monoisotopic (exact) mass is 388 g/mol. The van der Waals surface area contributed by atoms with Crippen molar-refractivity contribution in [2.24, 2.45) is 0 Å². The van der Waals surface area contributed by atoms with Gasteiger partial charge in [-0.2, -0.15) is 4.98 Å². The number of aromatic nitrogens is 2. The number of nitrogens with zero attached hydrogens (tertiary/aromatic N) is 2. The van der Waals surface area contributed by atoms with Crippen LogP contribution in [0.1, 0.15) is 5.56 Å². The van der Waals surface area contributed by atoms with E-state index in [1.807, 2.05) is 55.5 Å². The Morgan fingerprint density at radius 2 is 1.78 bits per heavy atom. The fraction of sp³-hybridized carbons (Fsp3) is 0.0588. The highest BCUT2D eigenvalue weighted by atomic mass is 79.9. The zero-order valence-electron chi connectivity index (χ0n) is 12.3. The Labute approximate surface area is 148 Å². The molecule has 0 spiro atoms. The zero-order chi connectivity index (χ0) is 16.2. The summed E-state index contributed by atoms with van der Waals surface area (Å²) >= 11 is 9.39. The second-order valence-corrected chi connectivity index (χ2v) is 6.33. The van der Waals surface area contributed by atoms with Crippen LogP contribution in [0.4, 0.5) is 23.1 Å². The summed E-state index contributed by atoms with van der Waals surface area (Å²) in [4.78, 5) is 8.71. The van der Waals surface area contributed by atoms with Crippen LogP contribution >= 0.6 is 27.5 Å². The predicted molar refractivity (Wildman–Crippen MR) is 98.9 cm³/mol. The molecule has 4 nitrogen and oxygen atoms in total. The van der Waals surface area contributed by atoms with Crippen LogP contribution in [-0.4, -0.2) is 9.97 Å². The van der Waals surface area contributed by atoms with Crippen molar-refractivity contribution >= 4 is 50.7 Å². The molecule has 2 N–H and O–H groups in total. The van der Waals surface area contributed by atoms with Gasteiger partial charge in [0.05, 0.1) is 0 Å². The number of aryl methyl sites for hydroxylation is 1. The van der Waals surface area contributed by atoms with E-state index in [4.69, 9.17) is 11.6 Å². The van der Waals surface area contributed by atoms with Crippen LogP contribution in [0.15, 0.2) is 59.2 Å². The summed E-state index contributed by atoms with van der Waals surface area (Å²) in [6, 6.07) is 15.3. The Hall–Kier alpha value is -2.11. The Morgan fingerprint density at radius 3 is 2.52 bits per heavy atom. The molecule has 116 valence electrons. The first kappa shape index (κ1) is 15.8. The molecule has 0 aliphatic heterocycles. The zero-order valence-corrected chi connectivity index (χ0v) is 14.7. The van der Waals surface area contributed by atoms with E-state index < -0.39 is 0 Å². The second-order valence-electron chi connectivity index (χ2n) is 4.98. The largest absolute Gasteiger partial charge is 0.340 e. The fourth-order valence-electron chi connectivity index (χ4n) is 2.06. The van der Waals surface area contributed by atoms with Gasteiger partial charge < -0.3 is 10.6 Å². The van der Waals surface area contributed by atoms with Crippen molar-refractivity contribution in [2.75, 3.05) is 10.6 Å². The third kappa shape index (κ3) is 4.21. The highest BCUT2D eigenvalue weighted by molar-refractivity contribution is 9.10. The van der Waals surface area contributed by atoms with E-state index in [0.717, 1.165) is 21.4 Å². The second kappa shape index (κ2) is 6.98. The van der Waals surface area contributed by atoms with Crippen molar-refractivity contribution in [1.29, 1.82) is 0 Å². The Balaban J connectivity index is 1.78. The quantitative estimate of drug-likeness (QED) is 0.602. The number of hydrogen-bond acceptors (Lipinski definition) is 4. The minimum absolute atomic E-state index is 0.531. The first-order chi connectivity index (χ1) is 11.1. The highest BCUT2D eigenvalue weighted by Crippen LogP contribution is 2.23. The molecule has 6 heteroatoms. The topological polar surface area (TPSA) is 49.8 Å². The van der Waals surface area contributed by atoms with Crippen LogP contribution in [0, 0.1) is 6.92 Å².